The van der Waals surface area contributed by atoms with Gasteiger partial charge in [0.1, 0.15) is 0 Å². The van der Waals surface area contributed by atoms with E-state index < -0.39 is 0 Å². The summed E-state index contributed by atoms with van der Waals surface area (Å²) in [4.78, 5) is 16.6. The molecule has 1 amide bonds. The average molecular weight is 422 g/mol. The minimum atomic E-state index is -0.107. The molecule has 4 rings (SSSR count). The number of rotatable bonds is 7. The van der Waals surface area contributed by atoms with Gasteiger partial charge in [0.2, 0.25) is 5.91 Å². The second kappa shape index (κ2) is 9.35. The molecule has 0 bridgehead atoms. The van der Waals surface area contributed by atoms with E-state index in [1.807, 2.05) is 29.2 Å². The fraction of sp³-hybridized carbons (Fsp3) is 0.320. The van der Waals surface area contributed by atoms with Gasteiger partial charge < -0.3 is 14.4 Å². The summed E-state index contributed by atoms with van der Waals surface area (Å²) in [6, 6.07) is 18.5. The zero-order chi connectivity index (χ0) is 20.9. The number of hydrogen-bond acceptors (Lipinski definition) is 4. The molecule has 0 saturated heterocycles. The van der Waals surface area contributed by atoms with E-state index in [0.717, 1.165) is 36.1 Å². The fourth-order valence-corrected chi connectivity index (χ4v) is 4.97. The number of carbonyl (C=O) groups excluding carboxylic acids is 1. The lowest BCUT2D eigenvalue weighted by Crippen LogP contribution is -2.40. The minimum absolute atomic E-state index is 0.107. The first-order valence-corrected chi connectivity index (χ1v) is 11.2. The number of carbonyl (C=O) groups is 1. The Hall–Kier alpha value is -2.79. The molecule has 1 unspecified atom stereocenters. The van der Waals surface area contributed by atoms with Crippen LogP contribution in [0.4, 0.5) is 0 Å². The summed E-state index contributed by atoms with van der Waals surface area (Å²) in [7, 11) is 3.31. The van der Waals surface area contributed by atoms with E-state index in [9.17, 15) is 4.79 Å². The van der Waals surface area contributed by atoms with Gasteiger partial charge in [-0.3, -0.25) is 4.79 Å². The summed E-state index contributed by atoms with van der Waals surface area (Å²) in [5.41, 5.74) is 3.46. The van der Waals surface area contributed by atoms with Crippen molar-refractivity contribution in [1.29, 1.82) is 0 Å². The Balaban J connectivity index is 1.63. The summed E-state index contributed by atoms with van der Waals surface area (Å²) in [5.74, 6) is 1.64. The highest BCUT2D eigenvalue weighted by Crippen LogP contribution is 2.41. The Morgan fingerprint density at radius 2 is 1.83 bits per heavy atom. The number of amides is 1. The fourth-order valence-electron chi connectivity index (χ4n) is 4.22. The zero-order valence-electron chi connectivity index (χ0n) is 17.5. The molecule has 4 nitrogen and oxygen atoms in total. The van der Waals surface area contributed by atoms with E-state index in [4.69, 9.17) is 9.47 Å². The van der Waals surface area contributed by atoms with E-state index in [-0.39, 0.29) is 11.9 Å². The Morgan fingerprint density at radius 3 is 2.53 bits per heavy atom. The molecule has 0 aliphatic carbocycles. The maximum Gasteiger partial charge on any atom is 0.223 e. The Morgan fingerprint density at radius 1 is 1.07 bits per heavy atom. The molecular weight excluding hydrogens is 394 g/mol. The van der Waals surface area contributed by atoms with Gasteiger partial charge in [0, 0.05) is 17.8 Å². The molecule has 30 heavy (non-hydrogen) atoms. The van der Waals surface area contributed by atoms with Crippen LogP contribution in [-0.2, 0) is 17.6 Å². The van der Waals surface area contributed by atoms with Crippen LogP contribution in [0, 0.1) is 0 Å². The lowest BCUT2D eigenvalue weighted by Gasteiger charge is -2.38. The van der Waals surface area contributed by atoms with E-state index in [1.54, 1.807) is 25.6 Å². The van der Waals surface area contributed by atoms with Crippen molar-refractivity contribution in [2.24, 2.45) is 0 Å². The molecule has 156 valence electrons. The lowest BCUT2D eigenvalue weighted by atomic mass is 9.87. The smallest absolute Gasteiger partial charge is 0.223 e. The number of nitrogens with zero attached hydrogens (tertiary/aromatic N) is 1. The first-order chi connectivity index (χ1) is 14.7. The number of hydrogen-bond donors (Lipinski definition) is 0. The Labute approximate surface area is 182 Å². The van der Waals surface area contributed by atoms with E-state index in [0.29, 0.717) is 18.7 Å². The number of methoxy groups -OCH3 is 2. The van der Waals surface area contributed by atoms with Crippen LogP contribution in [0.1, 0.15) is 40.5 Å². The minimum Gasteiger partial charge on any atom is -0.493 e. The molecule has 1 aliphatic heterocycles. The summed E-state index contributed by atoms with van der Waals surface area (Å²) in [5, 5.41) is 2.09. The first kappa shape index (κ1) is 20.5. The summed E-state index contributed by atoms with van der Waals surface area (Å²) in [6.07, 6.45) is 3.20. The number of thiophene rings is 1. The third-order valence-electron chi connectivity index (χ3n) is 5.70. The van der Waals surface area contributed by atoms with Crippen molar-refractivity contribution in [1.82, 2.24) is 4.90 Å². The lowest BCUT2D eigenvalue weighted by molar-refractivity contribution is -0.133. The molecule has 1 aromatic heterocycles. The van der Waals surface area contributed by atoms with Gasteiger partial charge in [0.05, 0.1) is 20.3 Å². The van der Waals surface area contributed by atoms with Gasteiger partial charge >= 0.3 is 0 Å². The SMILES string of the molecule is COc1cc2c(cc1OC)C(c1ccccc1)N(C(=O)CCCc1cccs1)CC2. The van der Waals surface area contributed by atoms with Crippen LogP contribution in [0.25, 0.3) is 0 Å². The van der Waals surface area contributed by atoms with Crippen LogP contribution in [0.5, 0.6) is 11.5 Å². The molecular formula is C25H27NO3S. The number of aryl methyl sites for hydroxylation is 1. The summed E-state index contributed by atoms with van der Waals surface area (Å²) in [6.45, 7) is 0.708. The maximum atomic E-state index is 13.3. The predicted octanol–water partition coefficient (Wildman–Crippen LogP) is 5.26. The molecule has 1 aliphatic rings. The second-order valence-corrected chi connectivity index (χ2v) is 8.52. The quantitative estimate of drug-likeness (QED) is 0.522. The molecule has 2 aromatic carbocycles. The average Bonchev–Trinajstić information content (AvgIpc) is 3.31. The molecule has 0 spiro atoms. The van der Waals surface area contributed by atoms with Gasteiger partial charge in [-0.25, -0.2) is 0 Å². The van der Waals surface area contributed by atoms with Gasteiger partial charge in [-0.15, -0.1) is 11.3 Å². The standard InChI is InChI=1S/C25H27NO3S/c1-28-22-16-19-13-14-26(24(27)12-6-10-20-11-7-15-30-20)25(18-8-4-3-5-9-18)21(19)17-23(22)29-2/h3-5,7-9,11,15-17,25H,6,10,12-14H2,1-2H3. The summed E-state index contributed by atoms with van der Waals surface area (Å²) >= 11 is 1.76. The van der Waals surface area contributed by atoms with Crippen molar-refractivity contribution < 1.29 is 14.3 Å². The number of fused-ring (bicyclic) bond motifs is 1. The van der Waals surface area contributed by atoms with Gasteiger partial charge in [0.25, 0.3) is 0 Å². The molecule has 2 heterocycles. The highest BCUT2D eigenvalue weighted by Gasteiger charge is 2.32. The van der Waals surface area contributed by atoms with Gasteiger partial charge in [-0.2, -0.15) is 0 Å². The van der Waals surface area contributed by atoms with Crippen molar-refractivity contribution >= 4 is 17.2 Å². The van der Waals surface area contributed by atoms with E-state index in [2.05, 4.69) is 35.7 Å². The Kier molecular flexibility index (Phi) is 6.38. The molecule has 5 heteroatoms. The van der Waals surface area contributed by atoms with Crippen molar-refractivity contribution in [2.75, 3.05) is 20.8 Å². The van der Waals surface area contributed by atoms with Gasteiger partial charge in [0.15, 0.2) is 11.5 Å². The topological polar surface area (TPSA) is 38.8 Å². The van der Waals surface area contributed by atoms with Crippen LogP contribution in [0.3, 0.4) is 0 Å². The molecule has 0 N–H and O–H groups in total. The van der Waals surface area contributed by atoms with Crippen molar-refractivity contribution in [2.45, 2.75) is 31.7 Å². The normalized spacial score (nSPS) is 15.5. The highest BCUT2D eigenvalue weighted by molar-refractivity contribution is 7.09. The molecule has 3 aromatic rings. The van der Waals surface area contributed by atoms with Crippen molar-refractivity contribution in [3.63, 3.8) is 0 Å². The third kappa shape index (κ3) is 4.21. The van der Waals surface area contributed by atoms with Crippen LogP contribution in [0.15, 0.2) is 60.0 Å². The maximum absolute atomic E-state index is 13.3. The first-order valence-electron chi connectivity index (χ1n) is 10.3. The van der Waals surface area contributed by atoms with Crippen LogP contribution in [0.2, 0.25) is 0 Å². The zero-order valence-corrected chi connectivity index (χ0v) is 18.3. The van der Waals surface area contributed by atoms with Gasteiger partial charge in [-0.05, 0) is 59.5 Å². The largest absolute Gasteiger partial charge is 0.493 e. The predicted molar refractivity (Wildman–Crippen MR) is 121 cm³/mol. The highest BCUT2D eigenvalue weighted by atomic mass is 32.1. The summed E-state index contributed by atoms with van der Waals surface area (Å²) < 4.78 is 11.1. The number of benzene rings is 2. The number of ether oxygens (including phenoxy) is 2. The van der Waals surface area contributed by atoms with E-state index in [1.165, 1.54) is 10.4 Å². The molecule has 0 saturated carbocycles. The van der Waals surface area contributed by atoms with Crippen molar-refractivity contribution in [3.05, 3.63) is 81.5 Å². The molecule has 0 radical (unpaired) electrons. The van der Waals surface area contributed by atoms with Crippen LogP contribution >= 0.6 is 11.3 Å². The third-order valence-corrected chi connectivity index (χ3v) is 6.64. The van der Waals surface area contributed by atoms with Crippen LogP contribution < -0.4 is 9.47 Å². The monoisotopic (exact) mass is 421 g/mol. The second-order valence-electron chi connectivity index (χ2n) is 7.49. The molecule has 0 fully saturated rings. The Bertz CT molecular complexity index is 985. The molecule has 1 atom stereocenters. The van der Waals surface area contributed by atoms with Gasteiger partial charge in [-0.1, -0.05) is 36.4 Å². The van der Waals surface area contributed by atoms with Crippen molar-refractivity contribution in [3.8, 4) is 11.5 Å². The van der Waals surface area contributed by atoms with Crippen LogP contribution in [-0.4, -0.2) is 31.6 Å². The van der Waals surface area contributed by atoms with E-state index >= 15 is 0 Å².